The Morgan fingerprint density at radius 2 is 2.00 bits per heavy atom. The second-order valence-electron chi connectivity index (χ2n) is 6.19. The van der Waals surface area contributed by atoms with Crippen LogP contribution in [-0.4, -0.2) is 48.7 Å². The van der Waals surface area contributed by atoms with E-state index in [4.69, 9.17) is 4.74 Å². The van der Waals surface area contributed by atoms with Crippen molar-refractivity contribution in [3.05, 3.63) is 35.9 Å². The third-order valence-corrected chi connectivity index (χ3v) is 4.71. The van der Waals surface area contributed by atoms with Gasteiger partial charge in [0, 0.05) is 25.0 Å². The molecule has 0 radical (unpaired) electrons. The molecule has 3 rings (SSSR count). The van der Waals surface area contributed by atoms with Gasteiger partial charge in [0.15, 0.2) is 0 Å². The minimum Gasteiger partial charge on any atom is -0.375 e. The van der Waals surface area contributed by atoms with Gasteiger partial charge in [-0.3, -0.25) is 4.79 Å². The number of hydrogen-bond acceptors (Lipinski definition) is 3. The summed E-state index contributed by atoms with van der Waals surface area (Å²) in [5.41, 5.74) is 1.33. The van der Waals surface area contributed by atoms with Crippen molar-refractivity contribution < 1.29 is 9.53 Å². The highest BCUT2D eigenvalue weighted by atomic mass is 35.5. The van der Waals surface area contributed by atoms with Crippen LogP contribution in [0.3, 0.4) is 0 Å². The van der Waals surface area contributed by atoms with Crippen molar-refractivity contribution in [3.8, 4) is 0 Å². The zero-order valence-electron chi connectivity index (χ0n) is 13.2. The molecule has 2 aliphatic heterocycles. The maximum Gasteiger partial charge on any atom is 0.242 e. The lowest BCUT2D eigenvalue weighted by Gasteiger charge is -2.33. The SMILES string of the molecule is CC1CC(c2ccccc2)CN1C(=O)[C@H]1NCCO[C@@H]1C.Cl. The van der Waals surface area contributed by atoms with Crippen molar-refractivity contribution in [1.82, 2.24) is 10.2 Å². The largest absolute Gasteiger partial charge is 0.375 e. The van der Waals surface area contributed by atoms with Gasteiger partial charge in [0.05, 0.1) is 12.7 Å². The second-order valence-corrected chi connectivity index (χ2v) is 6.19. The molecule has 122 valence electrons. The number of amides is 1. The fraction of sp³-hybridized carbons (Fsp3) is 0.588. The van der Waals surface area contributed by atoms with E-state index in [1.165, 1.54) is 5.56 Å². The molecule has 0 aromatic heterocycles. The number of rotatable bonds is 2. The number of benzene rings is 1. The van der Waals surface area contributed by atoms with Crippen LogP contribution >= 0.6 is 12.4 Å². The van der Waals surface area contributed by atoms with Gasteiger partial charge < -0.3 is 15.0 Å². The lowest BCUT2D eigenvalue weighted by molar-refractivity contribution is -0.140. The molecule has 2 fully saturated rings. The number of nitrogens with zero attached hydrogens (tertiary/aromatic N) is 1. The van der Waals surface area contributed by atoms with Gasteiger partial charge in [0.25, 0.3) is 0 Å². The van der Waals surface area contributed by atoms with E-state index in [1.807, 2.05) is 17.9 Å². The first-order valence-electron chi connectivity index (χ1n) is 7.87. The lowest BCUT2D eigenvalue weighted by Crippen LogP contribution is -2.57. The molecule has 0 bridgehead atoms. The maximum atomic E-state index is 12.8. The molecule has 2 aliphatic rings. The van der Waals surface area contributed by atoms with Crippen molar-refractivity contribution in [2.45, 2.75) is 44.4 Å². The van der Waals surface area contributed by atoms with Crippen LogP contribution in [0, 0.1) is 0 Å². The Kier molecular flexibility index (Phi) is 5.84. The Morgan fingerprint density at radius 3 is 2.68 bits per heavy atom. The standard InChI is InChI=1S/C17H24N2O2.ClH/c1-12-10-15(14-6-4-3-5-7-14)11-19(12)17(20)16-13(2)21-9-8-18-16;/h3-7,12-13,15-16,18H,8-11H2,1-2H3;1H/t12?,13-,15?,16+;/m1./s1. The number of likely N-dealkylation sites (tertiary alicyclic amines) is 1. The van der Waals surface area contributed by atoms with E-state index in [0.29, 0.717) is 18.6 Å². The first kappa shape index (κ1) is 17.3. The highest BCUT2D eigenvalue weighted by Gasteiger charge is 2.38. The topological polar surface area (TPSA) is 41.6 Å². The molecule has 2 heterocycles. The van der Waals surface area contributed by atoms with Gasteiger partial charge in [-0.25, -0.2) is 0 Å². The summed E-state index contributed by atoms with van der Waals surface area (Å²) >= 11 is 0. The molecule has 22 heavy (non-hydrogen) atoms. The van der Waals surface area contributed by atoms with Gasteiger partial charge in [-0.05, 0) is 25.8 Å². The summed E-state index contributed by atoms with van der Waals surface area (Å²) in [5.74, 6) is 0.637. The zero-order valence-corrected chi connectivity index (χ0v) is 14.0. The molecule has 4 nitrogen and oxygen atoms in total. The van der Waals surface area contributed by atoms with Crippen LogP contribution in [0.5, 0.6) is 0 Å². The monoisotopic (exact) mass is 324 g/mol. The minimum absolute atomic E-state index is 0. The van der Waals surface area contributed by atoms with E-state index in [-0.39, 0.29) is 30.5 Å². The average molecular weight is 325 g/mol. The fourth-order valence-corrected chi connectivity index (χ4v) is 3.49. The Balaban J connectivity index is 0.00000176. The highest BCUT2D eigenvalue weighted by molar-refractivity contribution is 5.85. The molecule has 1 amide bonds. The molecule has 4 atom stereocenters. The summed E-state index contributed by atoms with van der Waals surface area (Å²) in [6, 6.07) is 10.6. The van der Waals surface area contributed by atoms with Crippen LogP contribution in [0.15, 0.2) is 30.3 Å². The van der Waals surface area contributed by atoms with Crippen LogP contribution in [0.25, 0.3) is 0 Å². The van der Waals surface area contributed by atoms with Crippen LogP contribution in [0.4, 0.5) is 0 Å². The fourth-order valence-electron chi connectivity index (χ4n) is 3.49. The predicted molar refractivity (Wildman–Crippen MR) is 89.4 cm³/mol. The van der Waals surface area contributed by atoms with Crippen molar-refractivity contribution in [2.75, 3.05) is 19.7 Å². The number of nitrogens with one attached hydrogen (secondary N) is 1. The van der Waals surface area contributed by atoms with Crippen LogP contribution in [0.2, 0.25) is 0 Å². The van der Waals surface area contributed by atoms with E-state index in [9.17, 15) is 4.79 Å². The summed E-state index contributed by atoms with van der Waals surface area (Å²) in [6.45, 7) is 6.38. The Bertz CT molecular complexity index is 497. The number of carbonyl (C=O) groups excluding carboxylic acids is 1. The number of halogens is 1. The molecular weight excluding hydrogens is 300 g/mol. The van der Waals surface area contributed by atoms with Crippen LogP contribution in [-0.2, 0) is 9.53 Å². The van der Waals surface area contributed by atoms with E-state index in [2.05, 4.69) is 36.5 Å². The minimum atomic E-state index is -0.198. The summed E-state index contributed by atoms with van der Waals surface area (Å²) in [5, 5.41) is 3.30. The lowest BCUT2D eigenvalue weighted by atomic mass is 9.97. The predicted octanol–water partition coefficient (Wildman–Crippen LogP) is 2.19. The first-order chi connectivity index (χ1) is 10.2. The molecule has 0 aliphatic carbocycles. The van der Waals surface area contributed by atoms with E-state index < -0.39 is 0 Å². The third-order valence-electron chi connectivity index (χ3n) is 4.71. The van der Waals surface area contributed by atoms with Crippen molar-refractivity contribution >= 4 is 18.3 Å². The number of morpholine rings is 1. The van der Waals surface area contributed by atoms with E-state index in [1.54, 1.807) is 0 Å². The quantitative estimate of drug-likeness (QED) is 0.906. The molecular formula is C17H25ClN2O2. The number of ether oxygens (including phenoxy) is 1. The Morgan fingerprint density at radius 1 is 1.27 bits per heavy atom. The third kappa shape index (κ3) is 3.45. The zero-order chi connectivity index (χ0) is 14.8. The molecule has 0 spiro atoms. The Hall–Kier alpha value is -1.10. The summed E-state index contributed by atoms with van der Waals surface area (Å²) in [6.07, 6.45) is 0.992. The first-order valence-corrected chi connectivity index (χ1v) is 7.87. The average Bonchev–Trinajstić information content (AvgIpc) is 2.90. The number of carbonyl (C=O) groups is 1. The van der Waals surface area contributed by atoms with Crippen LogP contribution < -0.4 is 5.32 Å². The number of hydrogen-bond donors (Lipinski definition) is 1. The van der Waals surface area contributed by atoms with Gasteiger partial charge >= 0.3 is 0 Å². The van der Waals surface area contributed by atoms with Gasteiger partial charge in [0.2, 0.25) is 5.91 Å². The van der Waals surface area contributed by atoms with Gasteiger partial charge in [-0.2, -0.15) is 0 Å². The molecule has 0 saturated carbocycles. The Labute approximate surface area is 138 Å². The smallest absolute Gasteiger partial charge is 0.242 e. The van der Waals surface area contributed by atoms with E-state index >= 15 is 0 Å². The summed E-state index contributed by atoms with van der Waals surface area (Å²) in [4.78, 5) is 14.8. The molecule has 2 unspecified atom stereocenters. The summed E-state index contributed by atoms with van der Waals surface area (Å²) in [7, 11) is 0. The molecule has 1 aromatic carbocycles. The van der Waals surface area contributed by atoms with Crippen molar-refractivity contribution in [2.24, 2.45) is 0 Å². The second kappa shape index (κ2) is 7.44. The highest BCUT2D eigenvalue weighted by Crippen LogP contribution is 2.32. The van der Waals surface area contributed by atoms with Crippen molar-refractivity contribution in [1.29, 1.82) is 0 Å². The summed E-state index contributed by atoms with van der Waals surface area (Å²) < 4.78 is 5.61. The van der Waals surface area contributed by atoms with Gasteiger partial charge in [0.1, 0.15) is 6.04 Å². The normalized spacial score (nSPS) is 31.6. The molecule has 5 heteroatoms. The molecule has 1 aromatic rings. The molecule has 1 N–H and O–H groups in total. The maximum absolute atomic E-state index is 12.8. The van der Waals surface area contributed by atoms with Crippen LogP contribution in [0.1, 0.15) is 31.7 Å². The van der Waals surface area contributed by atoms with Gasteiger partial charge in [-0.15, -0.1) is 12.4 Å². The van der Waals surface area contributed by atoms with Gasteiger partial charge in [-0.1, -0.05) is 30.3 Å². The van der Waals surface area contributed by atoms with Crippen molar-refractivity contribution in [3.63, 3.8) is 0 Å². The van der Waals surface area contributed by atoms with E-state index in [0.717, 1.165) is 19.5 Å². The molecule has 2 saturated heterocycles.